The standard InChI is InChI=1S/C10H17N3O2S/c1-2-12-9-10(8-11-12)16(14,15)13-6-4-3-5-7-13/h8-9H,2-7H2,1H3. The van der Waals surface area contributed by atoms with E-state index >= 15 is 0 Å². The van der Waals surface area contributed by atoms with E-state index in [2.05, 4.69) is 5.10 Å². The Morgan fingerprint density at radius 3 is 2.56 bits per heavy atom. The van der Waals surface area contributed by atoms with E-state index < -0.39 is 10.0 Å². The van der Waals surface area contributed by atoms with Gasteiger partial charge in [-0.3, -0.25) is 4.68 Å². The molecule has 1 aromatic heterocycles. The Kier molecular flexibility index (Phi) is 3.30. The smallest absolute Gasteiger partial charge is 0.246 e. The first-order valence-electron chi connectivity index (χ1n) is 5.67. The van der Waals surface area contributed by atoms with Gasteiger partial charge in [0.2, 0.25) is 10.0 Å². The van der Waals surface area contributed by atoms with Crippen molar-refractivity contribution in [3.8, 4) is 0 Å². The van der Waals surface area contributed by atoms with Crippen molar-refractivity contribution in [2.45, 2.75) is 37.6 Å². The first-order chi connectivity index (χ1) is 7.64. The molecule has 1 fully saturated rings. The Morgan fingerprint density at radius 1 is 1.31 bits per heavy atom. The number of nitrogens with zero attached hydrogens (tertiary/aromatic N) is 3. The summed E-state index contributed by atoms with van der Waals surface area (Å²) in [4.78, 5) is 0.316. The van der Waals surface area contributed by atoms with Crippen LogP contribution in [-0.4, -0.2) is 35.6 Å². The summed E-state index contributed by atoms with van der Waals surface area (Å²) >= 11 is 0. The molecule has 1 aliphatic heterocycles. The zero-order chi connectivity index (χ0) is 11.6. The molecular weight excluding hydrogens is 226 g/mol. The fourth-order valence-corrected chi connectivity index (χ4v) is 3.38. The van der Waals surface area contributed by atoms with Gasteiger partial charge in [-0.2, -0.15) is 9.40 Å². The summed E-state index contributed by atoms with van der Waals surface area (Å²) in [5.41, 5.74) is 0. The second-order valence-electron chi connectivity index (χ2n) is 4.00. The highest BCUT2D eigenvalue weighted by molar-refractivity contribution is 7.89. The fourth-order valence-electron chi connectivity index (χ4n) is 1.91. The lowest BCUT2D eigenvalue weighted by atomic mass is 10.2. The Bertz CT molecular complexity index is 446. The summed E-state index contributed by atoms with van der Waals surface area (Å²) in [6, 6.07) is 0. The quantitative estimate of drug-likeness (QED) is 0.798. The highest BCUT2D eigenvalue weighted by atomic mass is 32.2. The third-order valence-corrected chi connectivity index (χ3v) is 4.74. The molecule has 0 unspecified atom stereocenters. The highest BCUT2D eigenvalue weighted by Crippen LogP contribution is 2.19. The summed E-state index contributed by atoms with van der Waals surface area (Å²) < 4.78 is 27.6. The maximum atomic E-state index is 12.2. The molecule has 1 aromatic rings. The minimum absolute atomic E-state index is 0.316. The number of hydrogen-bond acceptors (Lipinski definition) is 3. The summed E-state index contributed by atoms with van der Waals surface area (Å²) in [5.74, 6) is 0. The molecule has 1 saturated heterocycles. The number of piperidine rings is 1. The molecular formula is C10H17N3O2S. The molecule has 0 aliphatic carbocycles. The lowest BCUT2D eigenvalue weighted by Crippen LogP contribution is -2.35. The maximum absolute atomic E-state index is 12.2. The van der Waals surface area contributed by atoms with Crippen molar-refractivity contribution in [2.24, 2.45) is 0 Å². The Morgan fingerprint density at radius 2 is 2.00 bits per heavy atom. The van der Waals surface area contributed by atoms with Gasteiger partial charge < -0.3 is 0 Å². The van der Waals surface area contributed by atoms with E-state index in [1.165, 1.54) is 6.20 Å². The van der Waals surface area contributed by atoms with Crippen molar-refractivity contribution in [1.82, 2.24) is 14.1 Å². The van der Waals surface area contributed by atoms with E-state index in [9.17, 15) is 8.42 Å². The second kappa shape index (κ2) is 4.55. The maximum Gasteiger partial charge on any atom is 0.246 e. The first-order valence-corrected chi connectivity index (χ1v) is 7.11. The summed E-state index contributed by atoms with van der Waals surface area (Å²) in [5, 5.41) is 4.01. The molecule has 16 heavy (non-hydrogen) atoms. The molecule has 0 spiro atoms. The van der Waals surface area contributed by atoms with Crippen LogP contribution in [0.3, 0.4) is 0 Å². The van der Waals surface area contributed by atoms with Crippen molar-refractivity contribution in [2.75, 3.05) is 13.1 Å². The van der Waals surface area contributed by atoms with E-state index in [4.69, 9.17) is 0 Å². The number of aryl methyl sites for hydroxylation is 1. The second-order valence-corrected chi connectivity index (χ2v) is 5.93. The lowest BCUT2D eigenvalue weighted by Gasteiger charge is -2.25. The van der Waals surface area contributed by atoms with Crippen LogP contribution in [-0.2, 0) is 16.6 Å². The minimum Gasteiger partial charge on any atom is -0.272 e. The van der Waals surface area contributed by atoms with Gasteiger partial charge in [-0.1, -0.05) is 6.42 Å². The van der Waals surface area contributed by atoms with Gasteiger partial charge in [0.1, 0.15) is 4.90 Å². The topological polar surface area (TPSA) is 55.2 Å². The zero-order valence-electron chi connectivity index (χ0n) is 9.46. The van der Waals surface area contributed by atoms with E-state index in [-0.39, 0.29) is 0 Å². The number of rotatable bonds is 3. The molecule has 0 aromatic carbocycles. The summed E-state index contributed by atoms with van der Waals surface area (Å²) in [6.45, 7) is 3.90. The van der Waals surface area contributed by atoms with E-state index in [1.54, 1.807) is 15.2 Å². The van der Waals surface area contributed by atoms with Gasteiger partial charge in [0.05, 0.1) is 6.20 Å². The molecule has 2 rings (SSSR count). The van der Waals surface area contributed by atoms with E-state index in [0.717, 1.165) is 19.3 Å². The molecule has 0 N–H and O–H groups in total. The van der Waals surface area contributed by atoms with Crippen LogP contribution in [0.5, 0.6) is 0 Å². The van der Waals surface area contributed by atoms with Crippen LogP contribution in [0.4, 0.5) is 0 Å². The van der Waals surface area contributed by atoms with E-state index in [0.29, 0.717) is 24.5 Å². The molecule has 0 atom stereocenters. The van der Waals surface area contributed by atoms with Crippen molar-refractivity contribution < 1.29 is 8.42 Å². The summed E-state index contributed by atoms with van der Waals surface area (Å²) in [6.07, 6.45) is 6.08. The molecule has 0 radical (unpaired) electrons. The van der Waals surface area contributed by atoms with Crippen molar-refractivity contribution in [3.05, 3.63) is 12.4 Å². The van der Waals surface area contributed by atoms with Crippen LogP contribution in [0.25, 0.3) is 0 Å². The average molecular weight is 243 g/mol. The zero-order valence-corrected chi connectivity index (χ0v) is 10.3. The first kappa shape index (κ1) is 11.6. The van der Waals surface area contributed by atoms with Gasteiger partial charge in [0, 0.05) is 25.8 Å². The van der Waals surface area contributed by atoms with Crippen LogP contribution in [0.1, 0.15) is 26.2 Å². The Hall–Kier alpha value is -0.880. The SMILES string of the molecule is CCn1cc(S(=O)(=O)N2CCCCC2)cn1. The van der Waals surface area contributed by atoms with Crippen LogP contribution < -0.4 is 0 Å². The monoisotopic (exact) mass is 243 g/mol. The van der Waals surface area contributed by atoms with Crippen molar-refractivity contribution in [1.29, 1.82) is 0 Å². The van der Waals surface area contributed by atoms with Crippen LogP contribution in [0.2, 0.25) is 0 Å². The Balaban J connectivity index is 2.23. The van der Waals surface area contributed by atoms with Gasteiger partial charge in [-0.25, -0.2) is 8.42 Å². The molecule has 5 nitrogen and oxygen atoms in total. The normalized spacial score (nSPS) is 18.8. The molecule has 0 amide bonds. The molecule has 2 heterocycles. The highest BCUT2D eigenvalue weighted by Gasteiger charge is 2.26. The largest absolute Gasteiger partial charge is 0.272 e. The van der Waals surface area contributed by atoms with Crippen LogP contribution in [0.15, 0.2) is 17.3 Å². The summed E-state index contributed by atoms with van der Waals surface area (Å²) in [7, 11) is -3.30. The van der Waals surface area contributed by atoms with Crippen LogP contribution in [0, 0.1) is 0 Å². The van der Waals surface area contributed by atoms with Gasteiger partial charge in [-0.05, 0) is 19.8 Å². The van der Waals surface area contributed by atoms with Crippen molar-refractivity contribution in [3.63, 3.8) is 0 Å². The Labute approximate surface area is 96.1 Å². The number of sulfonamides is 1. The molecule has 1 aliphatic rings. The predicted molar refractivity (Wildman–Crippen MR) is 60.5 cm³/mol. The van der Waals surface area contributed by atoms with Crippen molar-refractivity contribution >= 4 is 10.0 Å². The predicted octanol–water partition coefficient (Wildman–Crippen LogP) is 1.08. The third kappa shape index (κ3) is 2.12. The van der Waals surface area contributed by atoms with Gasteiger partial charge >= 0.3 is 0 Å². The van der Waals surface area contributed by atoms with E-state index in [1.807, 2.05) is 6.92 Å². The average Bonchev–Trinajstić information content (AvgIpc) is 2.79. The molecule has 0 saturated carbocycles. The van der Waals surface area contributed by atoms with Gasteiger partial charge in [0.25, 0.3) is 0 Å². The molecule has 90 valence electrons. The van der Waals surface area contributed by atoms with Gasteiger partial charge in [-0.15, -0.1) is 0 Å². The number of hydrogen-bond donors (Lipinski definition) is 0. The fraction of sp³-hybridized carbons (Fsp3) is 0.700. The number of aromatic nitrogens is 2. The van der Waals surface area contributed by atoms with Gasteiger partial charge in [0.15, 0.2) is 0 Å². The molecule has 6 heteroatoms. The third-order valence-electron chi connectivity index (χ3n) is 2.89. The molecule has 0 bridgehead atoms. The lowest BCUT2D eigenvalue weighted by molar-refractivity contribution is 0.346. The minimum atomic E-state index is -3.30. The van der Waals surface area contributed by atoms with Crippen LogP contribution >= 0.6 is 0 Å².